The minimum absolute atomic E-state index is 0.0482. The first kappa shape index (κ1) is 13.8. The van der Waals surface area contributed by atoms with Crippen LogP contribution in [0.25, 0.3) is 0 Å². The second-order valence-corrected chi connectivity index (χ2v) is 4.89. The second kappa shape index (κ2) is 5.57. The molecule has 1 aliphatic heterocycles. The van der Waals surface area contributed by atoms with Crippen molar-refractivity contribution in [1.82, 2.24) is 4.90 Å². The van der Waals surface area contributed by atoms with E-state index >= 15 is 0 Å². The summed E-state index contributed by atoms with van der Waals surface area (Å²) < 4.78 is 18.7. The lowest BCUT2D eigenvalue weighted by atomic mass is 10.0. The number of halogens is 1. The molecule has 104 valence electrons. The van der Waals surface area contributed by atoms with Crippen molar-refractivity contribution in [2.45, 2.75) is 19.4 Å². The molecule has 0 spiro atoms. The number of methoxy groups -OCH3 is 1. The first-order valence-corrected chi connectivity index (χ1v) is 6.33. The highest BCUT2D eigenvalue weighted by atomic mass is 19.1. The van der Waals surface area contributed by atoms with Gasteiger partial charge in [0.25, 0.3) is 5.91 Å². The van der Waals surface area contributed by atoms with E-state index in [0.29, 0.717) is 18.8 Å². The van der Waals surface area contributed by atoms with Crippen LogP contribution in [0.2, 0.25) is 0 Å². The molecule has 0 aliphatic carbocycles. The quantitative estimate of drug-likeness (QED) is 0.906. The number of amides is 1. The molecule has 1 amide bonds. The number of hydrogen-bond acceptors (Lipinski definition) is 3. The molecule has 5 heteroatoms. The van der Waals surface area contributed by atoms with E-state index in [1.165, 1.54) is 19.2 Å². The Hall–Kier alpha value is -1.62. The van der Waals surface area contributed by atoms with Crippen molar-refractivity contribution in [3.8, 4) is 5.75 Å². The third-order valence-corrected chi connectivity index (χ3v) is 3.60. The molecule has 4 nitrogen and oxygen atoms in total. The van der Waals surface area contributed by atoms with Gasteiger partial charge < -0.3 is 14.7 Å². The molecular formula is C14H18FNO3. The molecule has 2 unspecified atom stereocenters. The van der Waals surface area contributed by atoms with Gasteiger partial charge in [0.05, 0.1) is 18.8 Å². The summed E-state index contributed by atoms with van der Waals surface area (Å²) in [5.41, 5.74) is 0.0482. The van der Waals surface area contributed by atoms with Crippen molar-refractivity contribution in [3.05, 3.63) is 29.6 Å². The molecule has 1 aliphatic rings. The number of aliphatic hydroxyl groups excluding tert-OH is 1. The Labute approximate surface area is 111 Å². The van der Waals surface area contributed by atoms with Crippen LogP contribution in [-0.2, 0) is 0 Å². The van der Waals surface area contributed by atoms with Crippen molar-refractivity contribution in [2.24, 2.45) is 5.92 Å². The number of ether oxygens (including phenoxy) is 1. The zero-order valence-electron chi connectivity index (χ0n) is 11.1. The number of rotatable bonds is 3. The fourth-order valence-corrected chi connectivity index (χ4v) is 2.33. The van der Waals surface area contributed by atoms with E-state index in [-0.39, 0.29) is 17.4 Å². The highest BCUT2D eigenvalue weighted by molar-refractivity contribution is 5.94. The first-order chi connectivity index (χ1) is 9.02. The Morgan fingerprint density at radius 2 is 2.32 bits per heavy atom. The molecule has 1 fully saturated rings. The van der Waals surface area contributed by atoms with Crippen LogP contribution in [0.15, 0.2) is 18.2 Å². The molecule has 0 radical (unpaired) electrons. The lowest BCUT2D eigenvalue weighted by Crippen LogP contribution is -2.31. The first-order valence-electron chi connectivity index (χ1n) is 6.33. The number of aliphatic hydroxyl groups is 1. The highest BCUT2D eigenvalue weighted by Crippen LogP contribution is 2.23. The summed E-state index contributed by atoms with van der Waals surface area (Å²) in [4.78, 5) is 13.8. The van der Waals surface area contributed by atoms with E-state index in [1.54, 1.807) is 17.9 Å². The van der Waals surface area contributed by atoms with Crippen LogP contribution in [0.1, 0.15) is 23.7 Å². The summed E-state index contributed by atoms with van der Waals surface area (Å²) in [6.45, 7) is 2.74. The standard InChI is InChI=1S/C14H18FNO3/c1-9(17)10-5-6-16(8-10)14(18)12-4-3-11(19-2)7-13(12)15/h3-4,7,9-10,17H,5-6,8H2,1-2H3. The van der Waals surface area contributed by atoms with E-state index in [4.69, 9.17) is 4.74 Å². The Morgan fingerprint density at radius 1 is 1.58 bits per heavy atom. The Bertz CT molecular complexity index is 476. The zero-order chi connectivity index (χ0) is 14.0. The fraction of sp³-hybridized carbons (Fsp3) is 0.500. The highest BCUT2D eigenvalue weighted by Gasteiger charge is 2.30. The normalized spacial score (nSPS) is 20.4. The summed E-state index contributed by atoms with van der Waals surface area (Å²) >= 11 is 0. The van der Waals surface area contributed by atoms with Crippen LogP contribution in [0, 0.1) is 11.7 Å². The SMILES string of the molecule is COc1ccc(C(=O)N2CCC(C(C)O)C2)c(F)c1. The van der Waals surface area contributed by atoms with E-state index in [1.807, 2.05) is 0 Å². The van der Waals surface area contributed by atoms with E-state index in [0.717, 1.165) is 6.42 Å². The van der Waals surface area contributed by atoms with Gasteiger partial charge in [-0.3, -0.25) is 4.79 Å². The van der Waals surface area contributed by atoms with Crippen LogP contribution in [0.4, 0.5) is 4.39 Å². The average molecular weight is 267 g/mol. The molecular weight excluding hydrogens is 249 g/mol. The average Bonchev–Trinajstić information content (AvgIpc) is 2.87. The van der Waals surface area contributed by atoms with Crippen LogP contribution in [0.3, 0.4) is 0 Å². The van der Waals surface area contributed by atoms with Crippen molar-refractivity contribution in [2.75, 3.05) is 20.2 Å². The van der Waals surface area contributed by atoms with Gasteiger partial charge in [-0.25, -0.2) is 4.39 Å². The third kappa shape index (κ3) is 2.87. The van der Waals surface area contributed by atoms with Crippen LogP contribution in [-0.4, -0.2) is 42.2 Å². The topological polar surface area (TPSA) is 49.8 Å². The molecule has 2 rings (SSSR count). The number of likely N-dealkylation sites (tertiary alicyclic amines) is 1. The Balaban J connectivity index is 2.12. The molecule has 1 aromatic rings. The van der Waals surface area contributed by atoms with Crippen molar-refractivity contribution in [3.63, 3.8) is 0 Å². The summed E-state index contributed by atoms with van der Waals surface area (Å²) in [6, 6.07) is 4.21. The molecule has 0 aromatic heterocycles. The fourth-order valence-electron chi connectivity index (χ4n) is 2.33. The van der Waals surface area contributed by atoms with E-state index in [2.05, 4.69) is 0 Å². The molecule has 19 heavy (non-hydrogen) atoms. The predicted molar refractivity (Wildman–Crippen MR) is 68.6 cm³/mol. The van der Waals surface area contributed by atoms with Gasteiger partial charge in [-0.05, 0) is 25.5 Å². The van der Waals surface area contributed by atoms with Gasteiger partial charge >= 0.3 is 0 Å². The van der Waals surface area contributed by atoms with Gasteiger partial charge in [0, 0.05) is 25.1 Å². The predicted octanol–water partition coefficient (Wildman–Crippen LogP) is 1.68. The summed E-state index contributed by atoms with van der Waals surface area (Å²) in [6.07, 6.45) is 0.305. The van der Waals surface area contributed by atoms with Crippen LogP contribution >= 0.6 is 0 Å². The minimum atomic E-state index is -0.579. The van der Waals surface area contributed by atoms with Gasteiger partial charge in [-0.2, -0.15) is 0 Å². The third-order valence-electron chi connectivity index (χ3n) is 3.60. The molecule has 0 saturated carbocycles. The number of nitrogens with zero attached hydrogens (tertiary/aromatic N) is 1. The number of hydrogen-bond donors (Lipinski definition) is 1. The monoisotopic (exact) mass is 267 g/mol. The maximum atomic E-state index is 13.8. The maximum Gasteiger partial charge on any atom is 0.256 e. The molecule has 1 aromatic carbocycles. The van der Waals surface area contributed by atoms with Gasteiger partial charge in [0.2, 0.25) is 0 Å². The van der Waals surface area contributed by atoms with Crippen LogP contribution < -0.4 is 4.74 Å². The number of carbonyl (C=O) groups is 1. The van der Waals surface area contributed by atoms with Crippen molar-refractivity contribution < 1.29 is 19.0 Å². The summed E-state index contributed by atoms with van der Waals surface area (Å²) in [5, 5.41) is 9.52. The Kier molecular flexibility index (Phi) is 4.04. The molecule has 0 bridgehead atoms. The minimum Gasteiger partial charge on any atom is -0.497 e. The smallest absolute Gasteiger partial charge is 0.256 e. The van der Waals surface area contributed by atoms with Crippen LogP contribution in [0.5, 0.6) is 5.75 Å². The second-order valence-electron chi connectivity index (χ2n) is 4.89. The zero-order valence-corrected chi connectivity index (χ0v) is 11.1. The lowest BCUT2D eigenvalue weighted by molar-refractivity contribution is 0.0758. The Morgan fingerprint density at radius 3 is 2.84 bits per heavy atom. The van der Waals surface area contributed by atoms with Crippen molar-refractivity contribution in [1.29, 1.82) is 0 Å². The molecule has 1 saturated heterocycles. The number of benzene rings is 1. The molecule has 2 atom stereocenters. The van der Waals surface area contributed by atoms with Gasteiger partial charge in [0.15, 0.2) is 0 Å². The van der Waals surface area contributed by atoms with Gasteiger partial charge in [-0.15, -0.1) is 0 Å². The van der Waals surface area contributed by atoms with Gasteiger partial charge in [0.1, 0.15) is 11.6 Å². The summed E-state index contributed by atoms with van der Waals surface area (Å²) in [7, 11) is 1.45. The molecule has 1 N–H and O–H groups in total. The van der Waals surface area contributed by atoms with E-state index in [9.17, 15) is 14.3 Å². The largest absolute Gasteiger partial charge is 0.497 e. The van der Waals surface area contributed by atoms with E-state index < -0.39 is 11.9 Å². The number of carbonyl (C=O) groups excluding carboxylic acids is 1. The lowest BCUT2D eigenvalue weighted by Gasteiger charge is -2.18. The summed E-state index contributed by atoms with van der Waals surface area (Å²) in [5.74, 6) is -0.448. The maximum absolute atomic E-state index is 13.8. The van der Waals surface area contributed by atoms with Gasteiger partial charge in [-0.1, -0.05) is 0 Å². The molecule has 1 heterocycles. The van der Waals surface area contributed by atoms with Crippen molar-refractivity contribution >= 4 is 5.91 Å².